The van der Waals surface area contributed by atoms with Crippen molar-refractivity contribution in [2.24, 2.45) is 0 Å². The lowest BCUT2D eigenvalue weighted by Gasteiger charge is -2.24. The molecular formula is C15H26N2O2. The van der Waals surface area contributed by atoms with Gasteiger partial charge in [0.05, 0.1) is 13.2 Å². The fourth-order valence-electron chi connectivity index (χ4n) is 2.32. The van der Waals surface area contributed by atoms with Gasteiger partial charge in [0.25, 0.3) is 0 Å². The second-order valence-corrected chi connectivity index (χ2v) is 4.86. The van der Waals surface area contributed by atoms with Gasteiger partial charge in [-0.15, -0.1) is 0 Å². The summed E-state index contributed by atoms with van der Waals surface area (Å²) < 4.78 is 10.9. The minimum atomic E-state index is 0.147. The van der Waals surface area contributed by atoms with Crippen molar-refractivity contribution in [1.29, 1.82) is 0 Å². The van der Waals surface area contributed by atoms with Crippen LogP contribution < -0.4 is 10.1 Å². The van der Waals surface area contributed by atoms with Gasteiger partial charge in [-0.05, 0) is 27.3 Å². The van der Waals surface area contributed by atoms with Crippen molar-refractivity contribution in [1.82, 2.24) is 10.3 Å². The van der Waals surface area contributed by atoms with Crippen LogP contribution in [0.3, 0.4) is 0 Å². The minimum absolute atomic E-state index is 0.147. The summed E-state index contributed by atoms with van der Waals surface area (Å²) in [6.45, 7) is 9.18. The molecule has 0 aromatic carbocycles. The molecular weight excluding hydrogens is 240 g/mol. The molecule has 0 amide bonds. The van der Waals surface area contributed by atoms with Crippen LogP contribution >= 0.6 is 0 Å². The third-order valence-electron chi connectivity index (χ3n) is 3.57. The lowest BCUT2D eigenvalue weighted by molar-refractivity contribution is 0.0832. The summed E-state index contributed by atoms with van der Waals surface area (Å²) >= 11 is 0. The maximum absolute atomic E-state index is 5.45. The number of aryl methyl sites for hydroxylation is 1. The highest BCUT2D eigenvalue weighted by molar-refractivity contribution is 5.41. The standard InChI is InChI=1S/C15H26N2O2/c1-7-16-14(12(4)18-5)8-13-11(3)15(19-6)10(2)9-17-13/h9,12,14,16H,7-8H2,1-6H3. The monoisotopic (exact) mass is 266 g/mol. The van der Waals surface area contributed by atoms with E-state index in [4.69, 9.17) is 9.47 Å². The van der Waals surface area contributed by atoms with Crippen molar-refractivity contribution in [2.45, 2.75) is 46.3 Å². The van der Waals surface area contributed by atoms with Crippen molar-refractivity contribution in [2.75, 3.05) is 20.8 Å². The SMILES string of the molecule is CCNC(Cc1ncc(C)c(OC)c1C)C(C)OC. The molecule has 2 atom stereocenters. The molecule has 0 aliphatic carbocycles. The zero-order chi connectivity index (χ0) is 14.4. The van der Waals surface area contributed by atoms with E-state index in [0.29, 0.717) is 0 Å². The lowest BCUT2D eigenvalue weighted by atomic mass is 10.0. The number of rotatable bonds is 7. The zero-order valence-corrected chi connectivity index (χ0v) is 12.9. The number of likely N-dealkylation sites (N-methyl/N-ethyl adjacent to an activating group) is 1. The van der Waals surface area contributed by atoms with E-state index in [1.54, 1.807) is 14.2 Å². The number of aromatic nitrogens is 1. The van der Waals surface area contributed by atoms with E-state index in [0.717, 1.165) is 35.5 Å². The average Bonchev–Trinajstić information content (AvgIpc) is 2.40. The van der Waals surface area contributed by atoms with Crippen LogP contribution in [0.4, 0.5) is 0 Å². The molecule has 0 aliphatic rings. The number of nitrogens with zero attached hydrogens (tertiary/aromatic N) is 1. The van der Waals surface area contributed by atoms with Gasteiger partial charge in [0, 0.05) is 42.6 Å². The van der Waals surface area contributed by atoms with E-state index in [2.05, 4.69) is 31.1 Å². The van der Waals surface area contributed by atoms with Crippen LogP contribution in [0.1, 0.15) is 30.7 Å². The molecule has 1 rings (SSSR count). The Labute approximate surface area is 116 Å². The minimum Gasteiger partial charge on any atom is -0.496 e. The number of hydrogen-bond donors (Lipinski definition) is 1. The van der Waals surface area contributed by atoms with E-state index >= 15 is 0 Å². The summed E-state index contributed by atoms with van der Waals surface area (Å²) in [6.07, 6.45) is 2.86. The highest BCUT2D eigenvalue weighted by Crippen LogP contribution is 2.25. The van der Waals surface area contributed by atoms with Crippen LogP contribution in [0, 0.1) is 13.8 Å². The lowest BCUT2D eigenvalue weighted by Crippen LogP contribution is -2.41. The summed E-state index contributed by atoms with van der Waals surface area (Å²) in [5, 5.41) is 3.46. The molecule has 4 heteroatoms. The Morgan fingerprint density at radius 2 is 2.00 bits per heavy atom. The summed E-state index contributed by atoms with van der Waals surface area (Å²) in [7, 11) is 3.45. The van der Waals surface area contributed by atoms with Gasteiger partial charge in [-0.25, -0.2) is 0 Å². The van der Waals surface area contributed by atoms with Crippen molar-refractivity contribution in [3.8, 4) is 5.75 Å². The molecule has 1 aromatic heterocycles. The van der Waals surface area contributed by atoms with Crippen molar-refractivity contribution >= 4 is 0 Å². The van der Waals surface area contributed by atoms with Gasteiger partial charge in [0.1, 0.15) is 5.75 Å². The summed E-state index contributed by atoms with van der Waals surface area (Å²) in [6, 6.07) is 0.258. The molecule has 0 saturated heterocycles. The molecule has 2 unspecified atom stereocenters. The summed E-state index contributed by atoms with van der Waals surface area (Å²) in [4.78, 5) is 4.55. The van der Waals surface area contributed by atoms with E-state index in [1.165, 1.54) is 0 Å². The molecule has 0 fully saturated rings. The van der Waals surface area contributed by atoms with Crippen LogP contribution in [0.5, 0.6) is 5.75 Å². The Kier molecular flexibility index (Phi) is 6.25. The molecule has 0 radical (unpaired) electrons. The molecule has 0 bridgehead atoms. The van der Waals surface area contributed by atoms with Crippen LogP contribution in [-0.2, 0) is 11.2 Å². The second-order valence-electron chi connectivity index (χ2n) is 4.86. The number of ether oxygens (including phenoxy) is 2. The van der Waals surface area contributed by atoms with Gasteiger partial charge in [-0.3, -0.25) is 4.98 Å². The first-order valence-corrected chi connectivity index (χ1v) is 6.80. The zero-order valence-electron chi connectivity index (χ0n) is 12.9. The molecule has 4 nitrogen and oxygen atoms in total. The Bertz CT molecular complexity index is 407. The van der Waals surface area contributed by atoms with Crippen molar-refractivity contribution in [3.63, 3.8) is 0 Å². The summed E-state index contributed by atoms with van der Waals surface area (Å²) in [5.41, 5.74) is 3.26. The molecule has 0 saturated carbocycles. The topological polar surface area (TPSA) is 43.4 Å². The maximum atomic E-state index is 5.45. The first kappa shape index (κ1) is 15.9. The molecule has 1 aromatic rings. The van der Waals surface area contributed by atoms with Gasteiger partial charge in [-0.2, -0.15) is 0 Å². The molecule has 0 spiro atoms. The third kappa shape index (κ3) is 3.91. The third-order valence-corrected chi connectivity index (χ3v) is 3.57. The van der Waals surface area contributed by atoms with Crippen molar-refractivity contribution < 1.29 is 9.47 Å². The van der Waals surface area contributed by atoms with Crippen LogP contribution in [0.2, 0.25) is 0 Å². The van der Waals surface area contributed by atoms with E-state index in [9.17, 15) is 0 Å². The average molecular weight is 266 g/mol. The highest BCUT2D eigenvalue weighted by atomic mass is 16.5. The van der Waals surface area contributed by atoms with Gasteiger partial charge in [0.15, 0.2) is 0 Å². The number of methoxy groups -OCH3 is 2. The molecule has 108 valence electrons. The smallest absolute Gasteiger partial charge is 0.128 e. The highest BCUT2D eigenvalue weighted by Gasteiger charge is 2.19. The van der Waals surface area contributed by atoms with E-state index in [1.807, 2.05) is 13.1 Å². The predicted octanol–water partition coefficient (Wildman–Crippen LogP) is 2.26. The Morgan fingerprint density at radius 1 is 1.32 bits per heavy atom. The van der Waals surface area contributed by atoms with Crippen molar-refractivity contribution in [3.05, 3.63) is 23.0 Å². The fraction of sp³-hybridized carbons (Fsp3) is 0.667. The molecule has 19 heavy (non-hydrogen) atoms. The Morgan fingerprint density at radius 3 is 2.53 bits per heavy atom. The van der Waals surface area contributed by atoms with Gasteiger partial charge >= 0.3 is 0 Å². The summed E-state index contributed by atoms with van der Waals surface area (Å²) in [5.74, 6) is 0.935. The van der Waals surface area contributed by atoms with Crippen LogP contribution in [0.25, 0.3) is 0 Å². The first-order chi connectivity index (χ1) is 9.04. The predicted molar refractivity (Wildman–Crippen MR) is 77.9 cm³/mol. The number of hydrogen-bond acceptors (Lipinski definition) is 4. The normalized spacial score (nSPS) is 14.2. The molecule has 1 heterocycles. The van der Waals surface area contributed by atoms with E-state index in [-0.39, 0.29) is 12.1 Å². The number of pyridine rings is 1. The quantitative estimate of drug-likeness (QED) is 0.822. The fourth-order valence-corrected chi connectivity index (χ4v) is 2.32. The molecule has 1 N–H and O–H groups in total. The first-order valence-electron chi connectivity index (χ1n) is 6.80. The maximum Gasteiger partial charge on any atom is 0.128 e. The van der Waals surface area contributed by atoms with Gasteiger partial charge in [-0.1, -0.05) is 6.92 Å². The Hall–Kier alpha value is -1.13. The number of nitrogens with one attached hydrogen (secondary N) is 1. The Balaban J connectivity index is 2.96. The van der Waals surface area contributed by atoms with Crippen LogP contribution in [-0.4, -0.2) is 37.9 Å². The van der Waals surface area contributed by atoms with Gasteiger partial charge < -0.3 is 14.8 Å². The van der Waals surface area contributed by atoms with Gasteiger partial charge in [0.2, 0.25) is 0 Å². The second kappa shape index (κ2) is 7.46. The van der Waals surface area contributed by atoms with Crippen LogP contribution in [0.15, 0.2) is 6.20 Å². The van der Waals surface area contributed by atoms with E-state index < -0.39 is 0 Å². The largest absolute Gasteiger partial charge is 0.496 e. The molecule has 0 aliphatic heterocycles.